The van der Waals surface area contributed by atoms with Gasteiger partial charge >= 0.3 is 0 Å². The number of hydrogen-bond acceptors (Lipinski definition) is 5. The van der Waals surface area contributed by atoms with E-state index in [4.69, 9.17) is 0 Å². The van der Waals surface area contributed by atoms with Crippen LogP contribution in [0.1, 0.15) is 10.5 Å². The summed E-state index contributed by atoms with van der Waals surface area (Å²) in [6.07, 6.45) is 2.67. The smallest absolute Gasteiger partial charge is 0.269 e. The molecule has 0 fully saturated rings. The molecule has 1 aromatic rings. The van der Waals surface area contributed by atoms with Crippen molar-refractivity contribution in [2.75, 3.05) is 30.9 Å². The summed E-state index contributed by atoms with van der Waals surface area (Å²) >= 11 is 0. The van der Waals surface area contributed by atoms with Gasteiger partial charge < -0.3 is 10.6 Å². The van der Waals surface area contributed by atoms with Crippen LogP contribution in [0.2, 0.25) is 0 Å². The van der Waals surface area contributed by atoms with Gasteiger partial charge in [-0.3, -0.25) is 9.78 Å². The quantitative estimate of drug-likeness (QED) is 0.769. The van der Waals surface area contributed by atoms with E-state index in [-0.39, 0.29) is 17.4 Å². The average molecular weight is 257 g/mol. The number of anilines is 1. The zero-order valence-electron chi connectivity index (χ0n) is 9.73. The maximum Gasteiger partial charge on any atom is 0.269 e. The molecule has 94 valence electrons. The Balaban J connectivity index is 2.63. The first kappa shape index (κ1) is 13.4. The number of rotatable bonds is 5. The molecule has 0 unspecified atom stereocenters. The molecule has 0 spiro atoms. The molecule has 0 aromatic carbocycles. The SMILES string of the molecule is CNC(=O)c1cc(NCCS(C)(=O)=O)ccn1. The van der Waals surface area contributed by atoms with E-state index in [9.17, 15) is 13.2 Å². The van der Waals surface area contributed by atoms with Crippen molar-refractivity contribution in [3.8, 4) is 0 Å². The van der Waals surface area contributed by atoms with Crippen LogP contribution in [0.3, 0.4) is 0 Å². The topological polar surface area (TPSA) is 88.2 Å². The van der Waals surface area contributed by atoms with E-state index in [1.54, 1.807) is 12.1 Å². The van der Waals surface area contributed by atoms with Gasteiger partial charge in [0.25, 0.3) is 5.91 Å². The molecule has 0 saturated carbocycles. The monoisotopic (exact) mass is 257 g/mol. The number of hydrogen-bond donors (Lipinski definition) is 2. The maximum atomic E-state index is 11.3. The molecule has 1 amide bonds. The standard InChI is InChI=1S/C10H15N3O3S/c1-11-10(14)9-7-8(3-4-13-9)12-5-6-17(2,15)16/h3-4,7H,5-6H2,1-2H3,(H,11,14)(H,12,13). The summed E-state index contributed by atoms with van der Waals surface area (Å²) < 4.78 is 21.9. The van der Waals surface area contributed by atoms with Gasteiger partial charge in [-0.15, -0.1) is 0 Å². The molecule has 0 saturated heterocycles. The third-order valence-corrected chi connectivity index (χ3v) is 2.97. The Morgan fingerprint density at radius 2 is 2.18 bits per heavy atom. The van der Waals surface area contributed by atoms with Gasteiger partial charge in [0, 0.05) is 31.7 Å². The van der Waals surface area contributed by atoms with Gasteiger partial charge in [0.1, 0.15) is 15.5 Å². The Morgan fingerprint density at radius 3 is 2.76 bits per heavy atom. The van der Waals surface area contributed by atoms with E-state index in [0.29, 0.717) is 12.2 Å². The fraction of sp³-hybridized carbons (Fsp3) is 0.400. The van der Waals surface area contributed by atoms with Crippen molar-refractivity contribution in [3.63, 3.8) is 0 Å². The summed E-state index contributed by atoms with van der Waals surface area (Å²) in [5.74, 6) is -0.235. The van der Waals surface area contributed by atoms with Gasteiger partial charge in [-0.2, -0.15) is 0 Å². The Labute approximate surface area is 100 Å². The van der Waals surface area contributed by atoms with Gasteiger partial charge in [-0.05, 0) is 12.1 Å². The second-order valence-electron chi connectivity index (χ2n) is 3.57. The number of carbonyl (C=O) groups is 1. The van der Waals surface area contributed by atoms with E-state index in [0.717, 1.165) is 0 Å². The highest BCUT2D eigenvalue weighted by atomic mass is 32.2. The lowest BCUT2D eigenvalue weighted by Crippen LogP contribution is -2.19. The highest BCUT2D eigenvalue weighted by molar-refractivity contribution is 7.90. The number of pyridine rings is 1. The van der Waals surface area contributed by atoms with Crippen LogP contribution in [0, 0.1) is 0 Å². The van der Waals surface area contributed by atoms with Crippen LogP contribution < -0.4 is 10.6 Å². The molecule has 6 nitrogen and oxygen atoms in total. The van der Waals surface area contributed by atoms with Crippen molar-refractivity contribution in [1.82, 2.24) is 10.3 Å². The van der Waals surface area contributed by atoms with Crippen LogP contribution in [0.15, 0.2) is 18.3 Å². The lowest BCUT2D eigenvalue weighted by atomic mass is 10.3. The fourth-order valence-electron chi connectivity index (χ4n) is 1.17. The van der Waals surface area contributed by atoms with Crippen LogP contribution in [-0.2, 0) is 9.84 Å². The molecule has 2 N–H and O–H groups in total. The third-order valence-electron chi connectivity index (χ3n) is 2.02. The molecule has 0 aliphatic carbocycles. The average Bonchev–Trinajstić information content (AvgIpc) is 2.27. The van der Waals surface area contributed by atoms with Gasteiger partial charge in [0.15, 0.2) is 0 Å². The number of nitrogens with zero attached hydrogens (tertiary/aromatic N) is 1. The van der Waals surface area contributed by atoms with E-state index >= 15 is 0 Å². The molecule has 0 atom stereocenters. The van der Waals surface area contributed by atoms with E-state index in [1.807, 2.05) is 0 Å². The van der Waals surface area contributed by atoms with Crippen LogP contribution in [0.5, 0.6) is 0 Å². The van der Waals surface area contributed by atoms with Gasteiger partial charge in [0.05, 0.1) is 5.75 Å². The van der Waals surface area contributed by atoms with Crippen molar-refractivity contribution in [3.05, 3.63) is 24.0 Å². The number of nitrogens with one attached hydrogen (secondary N) is 2. The molecule has 0 bridgehead atoms. The van der Waals surface area contributed by atoms with Crippen molar-refractivity contribution >= 4 is 21.4 Å². The van der Waals surface area contributed by atoms with Crippen LogP contribution in [0.4, 0.5) is 5.69 Å². The predicted octanol–water partition coefficient (Wildman–Crippen LogP) is -0.102. The van der Waals surface area contributed by atoms with Crippen LogP contribution in [0.25, 0.3) is 0 Å². The Kier molecular flexibility index (Phi) is 4.45. The van der Waals surface area contributed by atoms with E-state index in [2.05, 4.69) is 15.6 Å². The summed E-state index contributed by atoms with van der Waals surface area (Å²) in [6.45, 7) is 0.302. The van der Waals surface area contributed by atoms with Gasteiger partial charge in [-0.25, -0.2) is 8.42 Å². The van der Waals surface area contributed by atoms with Crippen molar-refractivity contribution < 1.29 is 13.2 Å². The highest BCUT2D eigenvalue weighted by Gasteiger charge is 2.06. The first-order valence-electron chi connectivity index (χ1n) is 5.02. The minimum Gasteiger partial charge on any atom is -0.384 e. The predicted molar refractivity (Wildman–Crippen MR) is 65.8 cm³/mol. The summed E-state index contributed by atoms with van der Waals surface area (Å²) in [5, 5.41) is 5.39. The largest absolute Gasteiger partial charge is 0.384 e. The minimum atomic E-state index is -2.98. The molecule has 17 heavy (non-hydrogen) atoms. The highest BCUT2D eigenvalue weighted by Crippen LogP contribution is 2.07. The van der Waals surface area contributed by atoms with Crippen molar-refractivity contribution in [2.45, 2.75) is 0 Å². The van der Waals surface area contributed by atoms with Crippen molar-refractivity contribution in [2.24, 2.45) is 0 Å². The number of amides is 1. The summed E-state index contributed by atoms with van der Waals surface area (Å²) in [6, 6.07) is 3.25. The first-order valence-corrected chi connectivity index (χ1v) is 7.08. The normalized spacial score (nSPS) is 10.9. The van der Waals surface area contributed by atoms with Gasteiger partial charge in [-0.1, -0.05) is 0 Å². The summed E-state index contributed by atoms with van der Waals surface area (Å²) in [5.41, 5.74) is 0.958. The van der Waals surface area contributed by atoms with E-state index < -0.39 is 9.84 Å². The second kappa shape index (κ2) is 5.62. The second-order valence-corrected chi connectivity index (χ2v) is 5.83. The van der Waals surface area contributed by atoms with Crippen LogP contribution in [-0.4, -0.2) is 44.9 Å². The van der Waals surface area contributed by atoms with Crippen molar-refractivity contribution in [1.29, 1.82) is 0 Å². The Bertz CT molecular complexity index is 499. The van der Waals surface area contributed by atoms with Gasteiger partial charge in [0.2, 0.25) is 0 Å². The Morgan fingerprint density at radius 1 is 1.47 bits per heavy atom. The molecular weight excluding hydrogens is 242 g/mol. The zero-order valence-corrected chi connectivity index (χ0v) is 10.5. The molecule has 1 rings (SSSR count). The minimum absolute atomic E-state index is 0.0463. The summed E-state index contributed by atoms with van der Waals surface area (Å²) in [4.78, 5) is 15.2. The fourth-order valence-corrected chi connectivity index (χ4v) is 1.65. The molecule has 0 aliphatic heterocycles. The molecule has 1 aromatic heterocycles. The first-order chi connectivity index (χ1) is 7.92. The number of aromatic nitrogens is 1. The lowest BCUT2D eigenvalue weighted by molar-refractivity contribution is 0.0958. The maximum absolute atomic E-state index is 11.3. The third kappa shape index (κ3) is 4.81. The van der Waals surface area contributed by atoms with Crippen LogP contribution >= 0.6 is 0 Å². The lowest BCUT2D eigenvalue weighted by Gasteiger charge is -2.06. The van der Waals surface area contributed by atoms with E-state index in [1.165, 1.54) is 19.5 Å². The number of carbonyl (C=O) groups excluding carboxylic acids is 1. The summed E-state index contributed by atoms with van der Waals surface area (Å²) in [7, 11) is -1.46. The molecule has 0 radical (unpaired) electrons. The molecule has 0 aliphatic rings. The number of sulfone groups is 1. The molecule has 7 heteroatoms. The molecule has 1 heterocycles. The molecular formula is C10H15N3O3S. The Hall–Kier alpha value is -1.63. The zero-order chi connectivity index (χ0) is 12.9.